The molecule has 0 aliphatic carbocycles. The van der Waals surface area contributed by atoms with Gasteiger partial charge >= 0.3 is 96.9 Å². The molecule has 0 rings (SSSR count). The second-order valence-corrected chi connectivity index (χ2v) is 1.54. The summed E-state index contributed by atoms with van der Waals surface area (Å²) in [5.41, 5.74) is 0. The summed E-state index contributed by atoms with van der Waals surface area (Å²) in [6.45, 7) is 0. The van der Waals surface area contributed by atoms with Crippen molar-refractivity contribution < 1.29 is 94.4 Å². The van der Waals surface area contributed by atoms with Gasteiger partial charge in [-0.3, -0.25) is 0 Å². The van der Waals surface area contributed by atoms with Gasteiger partial charge in [0.2, 0.25) is 0 Å². The summed E-state index contributed by atoms with van der Waals surface area (Å²) in [5, 5.41) is 0. The van der Waals surface area contributed by atoms with E-state index in [2.05, 4.69) is 0 Å². The molecule has 0 heterocycles. The van der Waals surface area contributed by atoms with E-state index in [1.165, 1.54) is 0 Å². The van der Waals surface area contributed by atoms with E-state index in [4.69, 9.17) is 19.2 Å². The average Bonchev–Trinajstić information content (AvgIpc) is 0.722. The summed E-state index contributed by atoms with van der Waals surface area (Å²) in [5.74, 6) is 0. The summed E-state index contributed by atoms with van der Waals surface area (Å²) in [6, 6.07) is 0. The van der Waals surface area contributed by atoms with E-state index in [0.717, 1.165) is 0 Å². The van der Waals surface area contributed by atoms with Crippen molar-refractivity contribution in [2.45, 2.75) is 0 Å². The van der Waals surface area contributed by atoms with Gasteiger partial charge < -0.3 is 19.0 Å². The molecule has 0 aromatic rings. The van der Waals surface area contributed by atoms with Crippen LogP contribution in [0.5, 0.6) is 0 Å². The zero-order valence-corrected chi connectivity index (χ0v) is 13.8. The van der Waals surface area contributed by atoms with Gasteiger partial charge in [-0.2, -0.15) is 0 Å². The predicted octanol–water partition coefficient (Wildman–Crippen LogP) is -3.97. The molecule has 3 N–H and O–H groups in total. The third-order valence-corrected chi connectivity index (χ3v) is 0. The van der Waals surface area contributed by atoms with Crippen LogP contribution in [0.3, 0.4) is 0 Å². The molecule has 0 spiro atoms. The van der Waals surface area contributed by atoms with Crippen LogP contribution in [0.1, 0.15) is 4.28 Å². The first-order valence-corrected chi connectivity index (χ1v) is 2.35. The fraction of sp³-hybridized carbons (Fsp3) is 0. The standard InChI is InChI=1S/Ca.K.H3O4P.Zn.3H/c;;1-5(2,3)4;;;;/h;;(H3,1,2,3,4);;;;/q+2;+1;;;3*-1. The summed E-state index contributed by atoms with van der Waals surface area (Å²) in [6.07, 6.45) is 0. The number of phosphoric acid groups is 1. The van der Waals surface area contributed by atoms with Crippen molar-refractivity contribution >= 4 is 45.6 Å². The minimum absolute atomic E-state index is 0. The SMILES string of the molecule is O=P(O)(O)O.[Ca+2].[H-].[H-].[H-].[K+].[Zn]. The second kappa shape index (κ2) is 10.6. The molecule has 40 valence electrons. The Morgan fingerprint density at radius 3 is 1.25 bits per heavy atom. The van der Waals surface area contributed by atoms with Crippen LogP contribution in [0.25, 0.3) is 0 Å². The van der Waals surface area contributed by atoms with E-state index in [0.29, 0.717) is 0 Å². The van der Waals surface area contributed by atoms with Crippen LogP contribution in [0, 0.1) is 0 Å². The van der Waals surface area contributed by atoms with Crippen LogP contribution in [0.15, 0.2) is 0 Å². The van der Waals surface area contributed by atoms with Crippen LogP contribution in [-0.2, 0) is 24.0 Å². The fourth-order valence-electron chi connectivity index (χ4n) is 0. The quantitative estimate of drug-likeness (QED) is 0.301. The Morgan fingerprint density at radius 1 is 1.25 bits per heavy atom. The molecule has 0 saturated heterocycles. The van der Waals surface area contributed by atoms with Gasteiger partial charge in [0.05, 0.1) is 0 Å². The van der Waals surface area contributed by atoms with Crippen LogP contribution < -0.4 is 51.4 Å². The molecule has 0 aliphatic heterocycles. The Hall–Kier alpha value is 3.63. The molecule has 0 amide bonds. The third-order valence-electron chi connectivity index (χ3n) is 0. The van der Waals surface area contributed by atoms with Crippen molar-refractivity contribution in [3.63, 3.8) is 0 Å². The second-order valence-electron chi connectivity index (χ2n) is 0.513. The summed E-state index contributed by atoms with van der Waals surface area (Å²) < 4.78 is 8.88. The zero-order valence-electron chi connectivity index (χ0n) is 7.61. The maximum Gasteiger partial charge on any atom is 2.00 e. The molecule has 0 fully saturated rings. The molecule has 0 radical (unpaired) electrons. The number of hydrogen-bond donors (Lipinski definition) is 3. The summed E-state index contributed by atoms with van der Waals surface area (Å²) in [4.78, 5) is 21.6. The first-order chi connectivity index (χ1) is 2.00. The van der Waals surface area contributed by atoms with Gasteiger partial charge in [-0.1, -0.05) is 0 Å². The molecule has 0 aliphatic rings. The van der Waals surface area contributed by atoms with Gasteiger partial charge in [-0.15, -0.1) is 0 Å². The van der Waals surface area contributed by atoms with Crippen molar-refractivity contribution in [2.75, 3.05) is 0 Å². The van der Waals surface area contributed by atoms with Gasteiger partial charge in [0.15, 0.2) is 0 Å². The van der Waals surface area contributed by atoms with Gasteiger partial charge in [0.25, 0.3) is 0 Å². The summed E-state index contributed by atoms with van der Waals surface area (Å²) >= 11 is 0. The average molecular weight is 246 g/mol. The van der Waals surface area contributed by atoms with Crippen molar-refractivity contribution in [1.29, 1.82) is 0 Å². The molecule has 8 heavy (non-hydrogen) atoms. The minimum atomic E-state index is -4.64. The smallest absolute Gasteiger partial charge is 1.00 e. The number of rotatable bonds is 0. The Kier molecular flexibility index (Phi) is 30.0. The molecule has 0 saturated carbocycles. The van der Waals surface area contributed by atoms with Crippen molar-refractivity contribution in [1.82, 2.24) is 0 Å². The van der Waals surface area contributed by atoms with Crippen LogP contribution in [-0.4, -0.2) is 52.4 Å². The molecule has 0 bridgehead atoms. The molecule has 8 heteroatoms. The molecule has 4 nitrogen and oxygen atoms in total. The predicted molar refractivity (Wildman–Crippen MR) is 23.4 cm³/mol. The van der Waals surface area contributed by atoms with Crippen molar-refractivity contribution in [3.05, 3.63) is 0 Å². The van der Waals surface area contributed by atoms with Gasteiger partial charge in [0.1, 0.15) is 0 Å². The fourth-order valence-corrected chi connectivity index (χ4v) is 0. The molecule has 0 unspecified atom stereocenters. The maximum absolute atomic E-state index is 8.88. The Bertz CT molecular complexity index is 71.5. The van der Waals surface area contributed by atoms with E-state index in [-0.39, 0.29) is 113 Å². The minimum Gasteiger partial charge on any atom is -1.00 e. The molecular formula is H6CaKO4PZn. The van der Waals surface area contributed by atoms with Crippen LogP contribution >= 0.6 is 7.82 Å². The van der Waals surface area contributed by atoms with E-state index in [9.17, 15) is 0 Å². The number of hydrogen-bond acceptors (Lipinski definition) is 1. The van der Waals surface area contributed by atoms with E-state index in [1.54, 1.807) is 0 Å². The Morgan fingerprint density at radius 2 is 1.25 bits per heavy atom. The first-order valence-electron chi connectivity index (χ1n) is 0.783. The van der Waals surface area contributed by atoms with Gasteiger partial charge in [-0.05, 0) is 0 Å². The first kappa shape index (κ1) is 22.6. The molecule has 0 aromatic heterocycles. The topological polar surface area (TPSA) is 77.8 Å². The Balaban J connectivity index is -0.00000000533. The zero-order chi connectivity index (χ0) is 4.50. The molecule has 0 aromatic carbocycles. The molecule has 0 atom stereocenters. The normalized spacial score (nSPS) is 7.38. The largest absolute Gasteiger partial charge is 2.00 e. The maximum atomic E-state index is 8.88. The van der Waals surface area contributed by atoms with Crippen molar-refractivity contribution in [2.24, 2.45) is 0 Å². The third kappa shape index (κ3) is 54.4. The van der Waals surface area contributed by atoms with E-state index >= 15 is 0 Å². The van der Waals surface area contributed by atoms with Crippen LogP contribution in [0.4, 0.5) is 0 Å². The summed E-state index contributed by atoms with van der Waals surface area (Å²) in [7, 11) is -4.64. The monoisotopic (exact) mass is 244 g/mol. The van der Waals surface area contributed by atoms with Crippen molar-refractivity contribution in [3.8, 4) is 0 Å². The van der Waals surface area contributed by atoms with E-state index < -0.39 is 7.82 Å². The van der Waals surface area contributed by atoms with E-state index in [1.807, 2.05) is 0 Å². The van der Waals surface area contributed by atoms with Gasteiger partial charge in [-0.25, -0.2) is 4.57 Å². The van der Waals surface area contributed by atoms with Crippen LogP contribution in [0.2, 0.25) is 0 Å². The Labute approximate surface area is 137 Å². The van der Waals surface area contributed by atoms with Gasteiger partial charge in [0, 0.05) is 19.5 Å². The molecular weight excluding hydrogens is 240 g/mol.